The monoisotopic (exact) mass is 359 g/mol. The smallest absolute Gasteiger partial charge is 0.259 e. The van der Waals surface area contributed by atoms with Gasteiger partial charge < -0.3 is 14.6 Å². The number of ether oxygens (including phenoxy) is 1. The maximum atomic E-state index is 13.1. The molecule has 2 aromatic carbocycles. The Bertz CT molecular complexity index is 1120. The number of nitrogens with zero attached hydrogens (tertiary/aromatic N) is 2. The number of pyridine rings is 1. The van der Waals surface area contributed by atoms with Gasteiger partial charge in [-0.1, -0.05) is 47.6 Å². The molecule has 1 N–H and O–H groups in total. The number of hydrogen-bond acceptors (Lipinski definition) is 5. The average Bonchev–Trinajstić information content (AvgIpc) is 3.09. The topological polar surface area (TPSA) is 77.2 Å². The summed E-state index contributed by atoms with van der Waals surface area (Å²) in [7, 11) is 1.56. The highest BCUT2D eigenvalue weighted by molar-refractivity contribution is 6.13. The number of para-hydroxylation sites is 2. The van der Waals surface area contributed by atoms with Crippen molar-refractivity contribution in [2.24, 2.45) is 0 Å². The van der Waals surface area contributed by atoms with Crippen molar-refractivity contribution >= 4 is 22.7 Å². The number of amides is 1. The predicted octanol–water partition coefficient (Wildman–Crippen LogP) is 4.46. The molecule has 4 aromatic rings. The molecule has 27 heavy (non-hydrogen) atoms. The van der Waals surface area contributed by atoms with Crippen molar-refractivity contribution in [3.63, 3.8) is 0 Å². The van der Waals surface area contributed by atoms with Gasteiger partial charge in [0.1, 0.15) is 5.75 Å². The Kier molecular flexibility index (Phi) is 4.30. The van der Waals surface area contributed by atoms with Crippen LogP contribution in [0.3, 0.4) is 0 Å². The number of carbonyl (C=O) groups is 1. The van der Waals surface area contributed by atoms with Gasteiger partial charge in [0.05, 0.1) is 35.1 Å². The summed E-state index contributed by atoms with van der Waals surface area (Å²) in [6, 6.07) is 18.6. The summed E-state index contributed by atoms with van der Waals surface area (Å²) in [6.45, 7) is 1.79. The lowest BCUT2D eigenvalue weighted by molar-refractivity contribution is 0.102. The van der Waals surface area contributed by atoms with Gasteiger partial charge >= 0.3 is 0 Å². The summed E-state index contributed by atoms with van der Waals surface area (Å²) in [4.78, 5) is 17.6. The molecule has 0 aliphatic carbocycles. The van der Waals surface area contributed by atoms with E-state index in [2.05, 4.69) is 15.5 Å². The fourth-order valence-corrected chi connectivity index (χ4v) is 2.97. The first-order chi connectivity index (χ1) is 13.2. The summed E-state index contributed by atoms with van der Waals surface area (Å²) in [5, 5.41) is 7.48. The fourth-order valence-electron chi connectivity index (χ4n) is 2.97. The van der Waals surface area contributed by atoms with Gasteiger partial charge in [0, 0.05) is 5.56 Å². The Morgan fingerprint density at radius 3 is 2.59 bits per heavy atom. The molecule has 0 aliphatic rings. The minimum absolute atomic E-state index is 0.282. The van der Waals surface area contributed by atoms with E-state index in [1.54, 1.807) is 32.2 Å². The molecule has 1 amide bonds. The molecular formula is C21H17N3O3. The Morgan fingerprint density at radius 1 is 1.07 bits per heavy atom. The molecule has 6 nitrogen and oxygen atoms in total. The van der Waals surface area contributed by atoms with E-state index in [4.69, 9.17) is 9.26 Å². The Morgan fingerprint density at radius 2 is 1.81 bits per heavy atom. The summed E-state index contributed by atoms with van der Waals surface area (Å²) in [5.41, 5.74) is 3.51. The molecule has 0 atom stereocenters. The van der Waals surface area contributed by atoms with Crippen LogP contribution >= 0.6 is 0 Å². The summed E-state index contributed by atoms with van der Waals surface area (Å²) in [5.74, 6) is 0.303. The molecule has 0 saturated carbocycles. The van der Waals surface area contributed by atoms with Crippen molar-refractivity contribution in [3.8, 4) is 17.0 Å². The number of aromatic nitrogens is 2. The standard InChI is InChI=1S/C21H17N3O3/c1-13-19-15(20(25)22-16-10-6-7-11-18(16)26-2)12-17(23-21(19)27-24-13)14-8-4-3-5-9-14/h3-12H,1-2H3,(H,22,25). The van der Waals surface area contributed by atoms with E-state index in [0.717, 1.165) is 5.56 Å². The second kappa shape index (κ2) is 6.92. The van der Waals surface area contributed by atoms with Gasteiger partial charge in [0.15, 0.2) is 0 Å². The quantitative estimate of drug-likeness (QED) is 0.582. The number of aryl methyl sites for hydroxylation is 1. The number of nitrogens with one attached hydrogen (secondary N) is 1. The first-order valence-electron chi connectivity index (χ1n) is 8.44. The van der Waals surface area contributed by atoms with Crippen molar-refractivity contribution < 1.29 is 14.1 Å². The van der Waals surface area contributed by atoms with E-state index >= 15 is 0 Å². The van der Waals surface area contributed by atoms with Gasteiger partial charge in [0.25, 0.3) is 11.6 Å². The van der Waals surface area contributed by atoms with Crippen LogP contribution in [-0.2, 0) is 0 Å². The number of rotatable bonds is 4. The van der Waals surface area contributed by atoms with Gasteiger partial charge in [-0.05, 0) is 25.1 Å². The van der Waals surface area contributed by atoms with Crippen LogP contribution in [0.4, 0.5) is 5.69 Å². The number of benzene rings is 2. The van der Waals surface area contributed by atoms with Gasteiger partial charge in [0.2, 0.25) is 0 Å². The zero-order chi connectivity index (χ0) is 18.8. The van der Waals surface area contributed by atoms with Crippen molar-refractivity contribution in [1.29, 1.82) is 0 Å². The van der Waals surface area contributed by atoms with E-state index in [1.165, 1.54) is 0 Å². The zero-order valence-electron chi connectivity index (χ0n) is 14.9. The molecule has 0 fully saturated rings. The number of hydrogen-bond donors (Lipinski definition) is 1. The number of carbonyl (C=O) groups excluding carboxylic acids is 1. The molecule has 6 heteroatoms. The van der Waals surface area contributed by atoms with E-state index in [9.17, 15) is 4.79 Å². The second-order valence-electron chi connectivity index (χ2n) is 6.02. The molecular weight excluding hydrogens is 342 g/mol. The third kappa shape index (κ3) is 3.13. The first-order valence-corrected chi connectivity index (χ1v) is 8.44. The van der Waals surface area contributed by atoms with Crippen molar-refractivity contribution in [2.45, 2.75) is 6.92 Å². The highest BCUT2D eigenvalue weighted by atomic mass is 16.5. The molecule has 0 spiro atoms. The summed E-state index contributed by atoms with van der Waals surface area (Å²) >= 11 is 0. The summed E-state index contributed by atoms with van der Waals surface area (Å²) in [6.07, 6.45) is 0. The maximum absolute atomic E-state index is 13.1. The molecule has 4 rings (SSSR count). The lowest BCUT2D eigenvalue weighted by Crippen LogP contribution is -2.13. The second-order valence-corrected chi connectivity index (χ2v) is 6.02. The zero-order valence-corrected chi connectivity index (χ0v) is 14.9. The van der Waals surface area contributed by atoms with Crippen molar-refractivity contribution in [3.05, 3.63) is 71.9 Å². The third-order valence-corrected chi connectivity index (χ3v) is 4.29. The van der Waals surface area contributed by atoms with Crippen LogP contribution in [0.25, 0.3) is 22.4 Å². The molecule has 134 valence electrons. The van der Waals surface area contributed by atoms with E-state index < -0.39 is 0 Å². The van der Waals surface area contributed by atoms with Crippen molar-refractivity contribution in [2.75, 3.05) is 12.4 Å². The number of fused-ring (bicyclic) bond motifs is 1. The molecule has 2 aromatic heterocycles. The third-order valence-electron chi connectivity index (χ3n) is 4.29. The van der Waals surface area contributed by atoms with Gasteiger partial charge in [-0.25, -0.2) is 4.98 Å². The average molecular weight is 359 g/mol. The number of methoxy groups -OCH3 is 1. The van der Waals surface area contributed by atoms with Crippen LogP contribution in [0, 0.1) is 6.92 Å². The van der Waals surface area contributed by atoms with E-state index in [-0.39, 0.29) is 5.91 Å². The van der Waals surface area contributed by atoms with Crippen LogP contribution in [0.15, 0.2) is 65.2 Å². The highest BCUT2D eigenvalue weighted by Crippen LogP contribution is 2.29. The summed E-state index contributed by atoms with van der Waals surface area (Å²) < 4.78 is 10.6. The van der Waals surface area contributed by atoms with E-state index in [0.29, 0.717) is 39.5 Å². The van der Waals surface area contributed by atoms with Crippen LogP contribution in [0.2, 0.25) is 0 Å². The minimum Gasteiger partial charge on any atom is -0.495 e. The lowest BCUT2D eigenvalue weighted by atomic mass is 10.0. The normalized spacial score (nSPS) is 10.7. The maximum Gasteiger partial charge on any atom is 0.259 e. The van der Waals surface area contributed by atoms with Crippen LogP contribution in [0.1, 0.15) is 16.1 Å². The molecule has 0 bridgehead atoms. The SMILES string of the molecule is COc1ccccc1NC(=O)c1cc(-c2ccccc2)nc2onc(C)c12. The molecule has 0 unspecified atom stereocenters. The van der Waals surface area contributed by atoms with Gasteiger partial charge in [-0.2, -0.15) is 0 Å². The Hall–Kier alpha value is -3.67. The minimum atomic E-state index is -0.282. The molecule has 0 saturated heterocycles. The molecule has 2 heterocycles. The van der Waals surface area contributed by atoms with Gasteiger partial charge in [-0.3, -0.25) is 4.79 Å². The number of anilines is 1. The van der Waals surface area contributed by atoms with Gasteiger partial charge in [-0.15, -0.1) is 0 Å². The van der Waals surface area contributed by atoms with Crippen LogP contribution in [-0.4, -0.2) is 23.2 Å². The predicted molar refractivity (Wildman–Crippen MR) is 103 cm³/mol. The first kappa shape index (κ1) is 16.8. The van der Waals surface area contributed by atoms with E-state index in [1.807, 2.05) is 42.5 Å². The Balaban J connectivity index is 1.82. The largest absolute Gasteiger partial charge is 0.495 e. The fraction of sp³-hybridized carbons (Fsp3) is 0.0952. The lowest BCUT2D eigenvalue weighted by Gasteiger charge is -2.11. The van der Waals surface area contributed by atoms with Crippen molar-refractivity contribution in [1.82, 2.24) is 10.1 Å². The molecule has 0 radical (unpaired) electrons. The highest BCUT2D eigenvalue weighted by Gasteiger charge is 2.20. The Labute approximate surface area is 155 Å². The molecule has 0 aliphatic heterocycles. The van der Waals surface area contributed by atoms with Crippen LogP contribution in [0.5, 0.6) is 5.75 Å². The van der Waals surface area contributed by atoms with Crippen LogP contribution < -0.4 is 10.1 Å².